The molecule has 0 heterocycles. The minimum Gasteiger partial charge on any atom is -0.206 e. The SMILES string of the molecule is C#Cc1c(F)ccc2cccc(C)c12.CC.CC. The van der Waals surface area contributed by atoms with Crippen molar-refractivity contribution in [2.75, 3.05) is 0 Å². The van der Waals surface area contributed by atoms with Gasteiger partial charge in [0.1, 0.15) is 5.82 Å². The number of aryl methyl sites for hydroxylation is 1. The molecule has 0 nitrogen and oxygen atoms in total. The molecule has 1 heteroatoms. The Kier molecular flexibility index (Phi) is 7.47. The molecule has 96 valence electrons. The van der Waals surface area contributed by atoms with E-state index in [-0.39, 0.29) is 5.82 Å². The predicted molar refractivity (Wildman–Crippen MR) is 79.3 cm³/mol. The van der Waals surface area contributed by atoms with Gasteiger partial charge in [0.05, 0.1) is 5.56 Å². The molecule has 0 fully saturated rings. The molecular formula is C17H21F. The summed E-state index contributed by atoms with van der Waals surface area (Å²) in [6, 6.07) is 8.97. The first-order valence-electron chi connectivity index (χ1n) is 6.38. The highest BCUT2D eigenvalue weighted by molar-refractivity contribution is 5.91. The van der Waals surface area contributed by atoms with Gasteiger partial charge in [0.15, 0.2) is 0 Å². The van der Waals surface area contributed by atoms with Crippen molar-refractivity contribution in [2.24, 2.45) is 0 Å². The molecule has 0 unspecified atom stereocenters. The Labute approximate surface area is 110 Å². The second-order valence-corrected chi connectivity index (χ2v) is 3.24. The van der Waals surface area contributed by atoms with Crippen molar-refractivity contribution < 1.29 is 4.39 Å². The van der Waals surface area contributed by atoms with Gasteiger partial charge in [-0.3, -0.25) is 0 Å². The van der Waals surface area contributed by atoms with Crippen LogP contribution in [0.1, 0.15) is 38.8 Å². The molecular weight excluding hydrogens is 223 g/mol. The molecule has 2 aromatic rings. The third-order valence-corrected chi connectivity index (χ3v) is 2.35. The van der Waals surface area contributed by atoms with E-state index in [1.54, 1.807) is 6.07 Å². The highest BCUT2D eigenvalue weighted by Gasteiger charge is 2.06. The van der Waals surface area contributed by atoms with E-state index in [1.807, 2.05) is 52.8 Å². The minimum absolute atomic E-state index is 0.325. The Morgan fingerprint density at radius 1 is 1.00 bits per heavy atom. The molecule has 0 aliphatic heterocycles. The summed E-state index contributed by atoms with van der Waals surface area (Å²) in [6.07, 6.45) is 5.30. The van der Waals surface area contributed by atoms with E-state index in [1.165, 1.54) is 6.07 Å². The molecule has 0 aliphatic rings. The fraction of sp³-hybridized carbons (Fsp3) is 0.294. The molecule has 2 aromatic carbocycles. The second-order valence-electron chi connectivity index (χ2n) is 3.24. The van der Waals surface area contributed by atoms with Crippen LogP contribution >= 0.6 is 0 Å². The standard InChI is InChI=1S/C13H9F.2C2H6/c1-3-11-12(14)8-7-10-6-4-5-9(2)13(10)11;2*1-2/h1,4-8H,2H3;2*1-2H3. The zero-order valence-electron chi connectivity index (χ0n) is 11.8. The van der Waals surface area contributed by atoms with E-state index >= 15 is 0 Å². The molecule has 0 aromatic heterocycles. The van der Waals surface area contributed by atoms with E-state index in [9.17, 15) is 4.39 Å². The summed E-state index contributed by atoms with van der Waals surface area (Å²) in [5.41, 5.74) is 1.37. The van der Waals surface area contributed by atoms with Gasteiger partial charge in [-0.15, -0.1) is 6.42 Å². The summed E-state index contributed by atoms with van der Waals surface area (Å²) in [5.74, 6) is 2.08. The second kappa shape index (κ2) is 8.31. The third-order valence-electron chi connectivity index (χ3n) is 2.35. The smallest absolute Gasteiger partial charge is 0.139 e. The molecule has 0 amide bonds. The molecule has 0 spiro atoms. The number of terminal acetylenes is 1. The van der Waals surface area contributed by atoms with Crippen LogP contribution in [-0.4, -0.2) is 0 Å². The molecule has 0 aliphatic carbocycles. The van der Waals surface area contributed by atoms with Gasteiger partial charge >= 0.3 is 0 Å². The number of rotatable bonds is 0. The third kappa shape index (κ3) is 3.34. The lowest BCUT2D eigenvalue weighted by Crippen LogP contribution is -1.88. The van der Waals surface area contributed by atoms with Crippen LogP contribution < -0.4 is 0 Å². The molecule has 0 radical (unpaired) electrons. The van der Waals surface area contributed by atoms with Crippen LogP contribution in [0.4, 0.5) is 4.39 Å². The summed E-state index contributed by atoms with van der Waals surface area (Å²) in [5, 5.41) is 1.83. The number of hydrogen-bond donors (Lipinski definition) is 0. The molecule has 0 atom stereocenters. The largest absolute Gasteiger partial charge is 0.206 e. The van der Waals surface area contributed by atoms with E-state index in [0.29, 0.717) is 5.56 Å². The Bertz CT molecular complexity index is 533. The van der Waals surface area contributed by atoms with Crippen LogP contribution in [0.25, 0.3) is 10.8 Å². The van der Waals surface area contributed by atoms with Crippen molar-refractivity contribution in [1.82, 2.24) is 0 Å². The number of benzene rings is 2. The first kappa shape index (κ1) is 16.2. The van der Waals surface area contributed by atoms with E-state index in [4.69, 9.17) is 6.42 Å². The van der Waals surface area contributed by atoms with Crippen molar-refractivity contribution >= 4 is 10.8 Å². The number of fused-ring (bicyclic) bond motifs is 1. The average molecular weight is 244 g/mol. The zero-order valence-corrected chi connectivity index (χ0v) is 11.8. The van der Waals surface area contributed by atoms with Gasteiger partial charge in [-0.1, -0.05) is 57.9 Å². The lowest BCUT2D eigenvalue weighted by atomic mass is 10.00. The zero-order chi connectivity index (χ0) is 14.1. The molecule has 0 saturated heterocycles. The van der Waals surface area contributed by atoms with Crippen LogP contribution in [0, 0.1) is 25.1 Å². The van der Waals surface area contributed by atoms with Gasteiger partial charge in [0, 0.05) is 5.39 Å². The van der Waals surface area contributed by atoms with Crippen LogP contribution in [0.2, 0.25) is 0 Å². The van der Waals surface area contributed by atoms with Crippen molar-refractivity contribution in [3.63, 3.8) is 0 Å². The maximum atomic E-state index is 13.4. The van der Waals surface area contributed by atoms with E-state index in [0.717, 1.165) is 16.3 Å². The van der Waals surface area contributed by atoms with Gasteiger partial charge in [-0.25, -0.2) is 4.39 Å². The van der Waals surface area contributed by atoms with Gasteiger partial charge in [-0.05, 0) is 23.9 Å². The highest BCUT2D eigenvalue weighted by atomic mass is 19.1. The summed E-state index contributed by atoms with van der Waals surface area (Å²) in [6.45, 7) is 9.93. The Hall–Kier alpha value is -1.81. The summed E-state index contributed by atoms with van der Waals surface area (Å²) in [4.78, 5) is 0. The topological polar surface area (TPSA) is 0 Å². The normalized spacial score (nSPS) is 8.50. The molecule has 2 rings (SSSR count). The summed E-state index contributed by atoms with van der Waals surface area (Å²) >= 11 is 0. The van der Waals surface area contributed by atoms with Crippen molar-refractivity contribution in [3.8, 4) is 12.3 Å². The first-order chi connectivity index (χ1) is 8.74. The van der Waals surface area contributed by atoms with Crippen LogP contribution in [0.5, 0.6) is 0 Å². The van der Waals surface area contributed by atoms with Crippen LogP contribution in [0.3, 0.4) is 0 Å². The fourth-order valence-corrected chi connectivity index (χ4v) is 1.68. The predicted octanol–water partition coefficient (Wildman–Crippen LogP) is 5.32. The van der Waals surface area contributed by atoms with Crippen molar-refractivity contribution in [3.05, 3.63) is 47.3 Å². The van der Waals surface area contributed by atoms with Gasteiger partial charge < -0.3 is 0 Å². The Morgan fingerprint density at radius 2 is 1.61 bits per heavy atom. The van der Waals surface area contributed by atoms with Crippen molar-refractivity contribution in [1.29, 1.82) is 0 Å². The first-order valence-corrected chi connectivity index (χ1v) is 6.38. The van der Waals surface area contributed by atoms with E-state index in [2.05, 4.69) is 5.92 Å². The maximum Gasteiger partial charge on any atom is 0.139 e. The molecule has 18 heavy (non-hydrogen) atoms. The molecule has 0 bridgehead atoms. The van der Waals surface area contributed by atoms with Crippen LogP contribution in [0.15, 0.2) is 30.3 Å². The highest BCUT2D eigenvalue weighted by Crippen LogP contribution is 2.24. The van der Waals surface area contributed by atoms with Gasteiger partial charge in [-0.2, -0.15) is 0 Å². The number of hydrogen-bond acceptors (Lipinski definition) is 0. The fourth-order valence-electron chi connectivity index (χ4n) is 1.68. The maximum absolute atomic E-state index is 13.4. The van der Waals surface area contributed by atoms with Gasteiger partial charge in [0.2, 0.25) is 0 Å². The Morgan fingerprint density at radius 3 is 2.17 bits per heavy atom. The average Bonchev–Trinajstić information content (AvgIpc) is 2.44. The molecule has 0 saturated carbocycles. The van der Waals surface area contributed by atoms with E-state index < -0.39 is 0 Å². The number of halogens is 1. The summed E-state index contributed by atoms with van der Waals surface area (Å²) in [7, 11) is 0. The summed E-state index contributed by atoms with van der Waals surface area (Å²) < 4.78 is 13.4. The van der Waals surface area contributed by atoms with Crippen LogP contribution in [-0.2, 0) is 0 Å². The quantitative estimate of drug-likeness (QED) is 0.550. The van der Waals surface area contributed by atoms with Crippen molar-refractivity contribution in [2.45, 2.75) is 34.6 Å². The van der Waals surface area contributed by atoms with Gasteiger partial charge in [0.25, 0.3) is 0 Å². The molecule has 0 N–H and O–H groups in total. The Balaban J connectivity index is 0.000000659. The minimum atomic E-state index is -0.325. The lowest BCUT2D eigenvalue weighted by Gasteiger charge is -2.05. The lowest BCUT2D eigenvalue weighted by molar-refractivity contribution is 0.626. The monoisotopic (exact) mass is 244 g/mol.